The number of likely N-dealkylation sites (N-methyl/N-ethyl adjacent to an activating group) is 1. The number of fused-ring (bicyclic) bond motifs is 1. The van der Waals surface area contributed by atoms with Crippen molar-refractivity contribution in [2.45, 2.75) is 45.8 Å². The third-order valence-electron chi connectivity index (χ3n) is 8.19. The summed E-state index contributed by atoms with van der Waals surface area (Å²) in [5, 5.41) is 3.47. The predicted molar refractivity (Wildman–Crippen MR) is 184 cm³/mol. The van der Waals surface area contributed by atoms with Gasteiger partial charge in [0.2, 0.25) is 11.8 Å². The number of carbonyl (C=O) groups excluding carboxylic acids is 3. The maximum atomic E-state index is 13.1. The van der Waals surface area contributed by atoms with E-state index in [-0.39, 0.29) is 54.1 Å². The molecule has 0 aliphatic carbocycles. The highest BCUT2D eigenvalue weighted by atomic mass is 35.5. The Bertz CT molecular complexity index is 1540. The fraction of sp³-hybridized carbons (Fsp3) is 0.412. The number of benzene rings is 2. The Morgan fingerprint density at radius 1 is 1.00 bits per heavy atom. The summed E-state index contributed by atoms with van der Waals surface area (Å²) in [6.45, 7) is 6.77. The highest BCUT2D eigenvalue weighted by Crippen LogP contribution is 2.40. The molecule has 1 N–H and O–H groups in total. The normalized spacial score (nSPS) is 14.7. The Hall–Kier alpha value is -3.87. The van der Waals surface area contributed by atoms with Crippen LogP contribution >= 0.6 is 24.8 Å². The van der Waals surface area contributed by atoms with E-state index in [1.807, 2.05) is 19.1 Å². The van der Waals surface area contributed by atoms with Crippen LogP contribution in [0.5, 0.6) is 5.75 Å². The largest absolute Gasteiger partial charge is 0.494 e. The van der Waals surface area contributed by atoms with Gasteiger partial charge in [-0.15, -0.1) is 24.8 Å². The highest BCUT2D eigenvalue weighted by Gasteiger charge is 2.45. The summed E-state index contributed by atoms with van der Waals surface area (Å²) in [4.78, 5) is 47.7. The second kappa shape index (κ2) is 17.0. The van der Waals surface area contributed by atoms with Crippen LogP contribution < -0.4 is 19.9 Å². The molecule has 0 spiro atoms. The molecule has 0 radical (unpaired) electrons. The van der Waals surface area contributed by atoms with Crippen LogP contribution in [-0.2, 0) is 15.8 Å². The van der Waals surface area contributed by atoms with Crippen molar-refractivity contribution in [3.63, 3.8) is 0 Å². The zero-order valence-corrected chi connectivity index (χ0v) is 29.2. The van der Waals surface area contributed by atoms with Gasteiger partial charge in [0, 0.05) is 63.8 Å². The topological polar surface area (TPSA) is 95.1 Å². The standard InChI is InChI=1S/C34H40F3N5O4.2ClH/c1-6-42-28-14-13-26(22-29(28)41(5)31(44)33(2,3)32(42)45)46-21-7-8-27(23-15-17-38-18-16-23)39-19-20-40(4)30(43)24-9-11-25(12-10-24)34(35,36)37;;/h9-18,22,27,39H,6-8,19-21H2,1-5H3;2*1H. The van der Waals surface area contributed by atoms with Crippen molar-refractivity contribution in [2.75, 3.05) is 50.1 Å². The van der Waals surface area contributed by atoms with Gasteiger partial charge < -0.3 is 24.8 Å². The zero-order chi connectivity index (χ0) is 33.6. The SMILES string of the molecule is CCN1C(=O)C(C)(C)C(=O)N(C)c2cc(OCCCC(NCCN(C)C(=O)c3ccc(C(F)(F)F)cc3)c3ccncc3)ccc21.Cl.Cl. The van der Waals surface area contributed by atoms with Gasteiger partial charge in [-0.3, -0.25) is 19.4 Å². The van der Waals surface area contributed by atoms with Crippen molar-refractivity contribution < 1.29 is 32.3 Å². The van der Waals surface area contributed by atoms with E-state index < -0.39 is 17.2 Å². The molecule has 2 heterocycles. The molecule has 4 rings (SSSR count). The van der Waals surface area contributed by atoms with Crippen LogP contribution in [0.15, 0.2) is 67.0 Å². The molecule has 1 aromatic heterocycles. The molecule has 1 aliphatic heterocycles. The van der Waals surface area contributed by atoms with Crippen molar-refractivity contribution in [1.82, 2.24) is 15.2 Å². The summed E-state index contributed by atoms with van der Waals surface area (Å²) in [6, 6.07) is 13.3. The van der Waals surface area contributed by atoms with Crippen LogP contribution in [0.25, 0.3) is 0 Å². The van der Waals surface area contributed by atoms with Gasteiger partial charge in [-0.2, -0.15) is 13.2 Å². The molecular formula is C34H42Cl2F3N5O4. The Morgan fingerprint density at radius 2 is 1.65 bits per heavy atom. The van der Waals surface area contributed by atoms with E-state index in [1.54, 1.807) is 63.4 Å². The second-order valence-corrected chi connectivity index (χ2v) is 11.8. The van der Waals surface area contributed by atoms with Crippen molar-refractivity contribution in [2.24, 2.45) is 5.41 Å². The van der Waals surface area contributed by atoms with Crippen LogP contribution in [0.1, 0.15) is 61.1 Å². The number of halogens is 5. The molecule has 0 saturated carbocycles. The van der Waals surface area contributed by atoms with E-state index in [2.05, 4.69) is 10.3 Å². The van der Waals surface area contributed by atoms with E-state index in [1.165, 1.54) is 21.9 Å². The second-order valence-electron chi connectivity index (χ2n) is 11.8. The van der Waals surface area contributed by atoms with Crippen LogP contribution in [-0.4, -0.2) is 67.9 Å². The fourth-order valence-corrected chi connectivity index (χ4v) is 5.46. The molecule has 14 heteroatoms. The number of amides is 3. The Morgan fingerprint density at radius 3 is 2.25 bits per heavy atom. The first-order valence-corrected chi connectivity index (χ1v) is 15.2. The van der Waals surface area contributed by atoms with Gasteiger partial charge in [-0.05, 0) is 87.7 Å². The van der Waals surface area contributed by atoms with Crippen molar-refractivity contribution in [1.29, 1.82) is 0 Å². The van der Waals surface area contributed by atoms with E-state index in [9.17, 15) is 27.6 Å². The Kier molecular flexibility index (Phi) is 14.3. The van der Waals surface area contributed by atoms with Gasteiger partial charge in [0.1, 0.15) is 11.2 Å². The lowest BCUT2D eigenvalue weighted by Gasteiger charge is -2.27. The summed E-state index contributed by atoms with van der Waals surface area (Å²) < 4.78 is 44.7. The van der Waals surface area contributed by atoms with Crippen molar-refractivity contribution in [3.05, 3.63) is 83.7 Å². The zero-order valence-electron chi connectivity index (χ0n) is 27.5. The van der Waals surface area contributed by atoms with Gasteiger partial charge in [-0.1, -0.05) is 0 Å². The molecule has 1 atom stereocenters. The average molecular weight is 713 g/mol. The summed E-state index contributed by atoms with van der Waals surface area (Å²) >= 11 is 0. The first-order chi connectivity index (χ1) is 21.8. The number of rotatable bonds is 12. The number of hydrogen-bond acceptors (Lipinski definition) is 6. The van der Waals surface area contributed by atoms with E-state index >= 15 is 0 Å². The summed E-state index contributed by atoms with van der Waals surface area (Å²) in [5.41, 5.74) is 0.475. The van der Waals surface area contributed by atoms with Gasteiger partial charge in [0.15, 0.2) is 0 Å². The minimum absolute atomic E-state index is 0. The molecule has 1 unspecified atom stereocenters. The number of alkyl halides is 3. The number of anilines is 2. The Balaban J connectivity index is 0.00000400. The van der Waals surface area contributed by atoms with Gasteiger partial charge in [-0.25, -0.2) is 0 Å². The van der Waals surface area contributed by atoms with Crippen LogP contribution in [0.3, 0.4) is 0 Å². The summed E-state index contributed by atoms with van der Waals surface area (Å²) in [6.07, 6.45) is 0.339. The fourth-order valence-electron chi connectivity index (χ4n) is 5.46. The lowest BCUT2D eigenvalue weighted by atomic mass is 9.90. The Labute approximate surface area is 291 Å². The first kappa shape index (κ1) is 40.3. The number of ether oxygens (including phenoxy) is 1. The van der Waals surface area contributed by atoms with Crippen molar-refractivity contribution in [3.8, 4) is 5.75 Å². The van der Waals surface area contributed by atoms with E-state index in [4.69, 9.17) is 4.74 Å². The molecule has 0 saturated heterocycles. The number of hydrogen-bond donors (Lipinski definition) is 1. The van der Waals surface area contributed by atoms with Gasteiger partial charge in [0.05, 0.1) is 23.5 Å². The molecular weight excluding hydrogens is 670 g/mol. The molecule has 3 aromatic rings. The van der Waals surface area contributed by atoms with Crippen LogP contribution in [0, 0.1) is 5.41 Å². The number of nitrogens with one attached hydrogen (secondary N) is 1. The maximum absolute atomic E-state index is 13.1. The lowest BCUT2D eigenvalue weighted by Crippen LogP contribution is -2.47. The molecule has 0 bridgehead atoms. The maximum Gasteiger partial charge on any atom is 0.416 e. The van der Waals surface area contributed by atoms with E-state index in [0.29, 0.717) is 56.2 Å². The number of aromatic nitrogens is 1. The molecule has 9 nitrogen and oxygen atoms in total. The number of carbonyl (C=O) groups is 3. The third-order valence-corrected chi connectivity index (χ3v) is 8.19. The van der Waals surface area contributed by atoms with Crippen molar-refractivity contribution >= 4 is 53.9 Å². The molecule has 1 aliphatic rings. The molecule has 0 fully saturated rings. The minimum Gasteiger partial charge on any atom is -0.494 e. The van der Waals surface area contributed by atoms with Gasteiger partial charge >= 0.3 is 6.18 Å². The minimum atomic E-state index is -4.46. The first-order valence-electron chi connectivity index (χ1n) is 15.2. The molecule has 48 heavy (non-hydrogen) atoms. The summed E-state index contributed by atoms with van der Waals surface area (Å²) in [7, 11) is 3.28. The van der Waals surface area contributed by atoms with E-state index in [0.717, 1.165) is 17.7 Å². The smallest absolute Gasteiger partial charge is 0.416 e. The highest BCUT2D eigenvalue weighted by molar-refractivity contribution is 6.20. The molecule has 262 valence electrons. The monoisotopic (exact) mass is 711 g/mol. The van der Waals surface area contributed by atoms with Gasteiger partial charge in [0.25, 0.3) is 5.91 Å². The third kappa shape index (κ3) is 9.18. The van der Waals surface area contributed by atoms with Crippen LogP contribution in [0.4, 0.5) is 24.5 Å². The summed E-state index contributed by atoms with van der Waals surface area (Å²) in [5.74, 6) is -0.320. The number of nitrogens with zero attached hydrogens (tertiary/aromatic N) is 4. The lowest BCUT2D eigenvalue weighted by molar-refractivity contribution is -0.138. The average Bonchev–Trinajstić information content (AvgIpc) is 3.09. The molecule has 3 amide bonds. The van der Waals surface area contributed by atoms with Crippen LogP contribution in [0.2, 0.25) is 0 Å². The number of pyridine rings is 1. The predicted octanol–water partition coefficient (Wildman–Crippen LogP) is 6.56. The quantitative estimate of drug-likeness (QED) is 0.169. The molecule has 2 aromatic carbocycles.